The first-order valence-electron chi connectivity index (χ1n) is 10.2. The number of ether oxygens (including phenoxy) is 1. The van der Waals surface area contributed by atoms with Crippen molar-refractivity contribution in [3.05, 3.63) is 47.7 Å². The summed E-state index contributed by atoms with van der Waals surface area (Å²) >= 11 is 0. The van der Waals surface area contributed by atoms with Crippen molar-refractivity contribution in [2.45, 2.75) is 25.4 Å². The van der Waals surface area contributed by atoms with E-state index in [1.54, 1.807) is 35.3 Å². The number of aromatic nitrogens is 4. The molecule has 2 N–H and O–H groups in total. The van der Waals surface area contributed by atoms with Gasteiger partial charge < -0.3 is 28.8 Å². The normalized spacial score (nSPS) is 13.8. The molecule has 3 heterocycles. The Kier molecular flexibility index (Phi) is 6.38. The van der Waals surface area contributed by atoms with Gasteiger partial charge in [0.25, 0.3) is 0 Å². The van der Waals surface area contributed by atoms with Crippen LogP contribution in [0.25, 0.3) is 5.69 Å². The number of rotatable bonds is 6. The molecule has 1 amide bonds. The summed E-state index contributed by atoms with van der Waals surface area (Å²) in [7, 11) is -4.62. The van der Waals surface area contributed by atoms with E-state index in [4.69, 9.17) is 4.74 Å². The highest BCUT2D eigenvalue weighted by Gasteiger charge is 2.49. The molecule has 0 atom stereocenters. The Morgan fingerprint density at radius 2 is 2.00 bits per heavy atom. The number of nitrogens with zero attached hydrogens (tertiary/aromatic N) is 5. The number of fused-ring (bicyclic) bond motifs is 1. The molecule has 0 fully saturated rings. The van der Waals surface area contributed by atoms with Crippen LogP contribution in [0.1, 0.15) is 17.0 Å². The molecule has 1 aliphatic rings. The second-order valence-corrected chi connectivity index (χ2v) is 9.19. The monoisotopic (exact) mass is 528 g/mol. The first kappa shape index (κ1) is 25.0. The highest BCUT2D eigenvalue weighted by atomic mass is 32.2. The van der Waals surface area contributed by atoms with Crippen molar-refractivity contribution in [1.82, 2.24) is 24.4 Å². The number of nitrogens with one attached hydrogen (secondary N) is 1. The van der Waals surface area contributed by atoms with Gasteiger partial charge in [0.2, 0.25) is 11.8 Å². The Morgan fingerprint density at radius 1 is 1.25 bits per heavy atom. The van der Waals surface area contributed by atoms with Gasteiger partial charge in [-0.3, -0.25) is 0 Å². The van der Waals surface area contributed by atoms with Gasteiger partial charge in [-0.05, 0) is 19.1 Å². The number of carbonyl (C=O) groups is 1. The predicted octanol–water partition coefficient (Wildman–Crippen LogP) is 2.99. The summed E-state index contributed by atoms with van der Waals surface area (Å²) in [5.41, 5.74) is -3.93. The van der Waals surface area contributed by atoms with Gasteiger partial charge in [-0.25, -0.2) is 14.8 Å². The molecule has 192 valence electrons. The van der Waals surface area contributed by atoms with Crippen molar-refractivity contribution in [1.29, 1.82) is 0 Å². The highest BCUT2D eigenvalue weighted by molar-refractivity contribution is 7.87. The summed E-state index contributed by atoms with van der Waals surface area (Å²) in [6.45, 7) is 1.37. The van der Waals surface area contributed by atoms with Crippen LogP contribution in [-0.4, -0.2) is 63.2 Å². The van der Waals surface area contributed by atoms with Crippen molar-refractivity contribution in [2.24, 2.45) is 0 Å². The zero-order valence-electron chi connectivity index (χ0n) is 18.8. The lowest BCUT2D eigenvalue weighted by Gasteiger charge is -2.27. The van der Waals surface area contributed by atoms with Crippen LogP contribution in [0.2, 0.25) is 0 Å². The standard InChI is InChI=1S/C20H19F3N6O6S/c1-11-8-29(10-24-11)15-4-3-12(7-16(15)34-2)25-18-26-14-5-6-28(19(30)31)9-13(14)17(27-18)35-36(32,33)20(21,22)23/h3-4,7-8,10H,5-6,9H2,1-2H3,(H,30,31)(H,25,26,27). The summed E-state index contributed by atoms with van der Waals surface area (Å²) in [5, 5.41) is 12.0. The van der Waals surface area contributed by atoms with Gasteiger partial charge in [-0.15, -0.1) is 0 Å². The lowest BCUT2D eigenvalue weighted by molar-refractivity contribution is -0.0502. The first-order valence-corrected chi connectivity index (χ1v) is 11.6. The third-order valence-corrected chi connectivity index (χ3v) is 6.13. The van der Waals surface area contributed by atoms with Crippen LogP contribution in [0, 0.1) is 6.92 Å². The zero-order chi connectivity index (χ0) is 26.3. The number of halogens is 3. The summed E-state index contributed by atoms with van der Waals surface area (Å²) in [6.07, 6.45) is 2.04. The minimum absolute atomic E-state index is 0.00289. The maximum atomic E-state index is 13.0. The third-order valence-electron chi connectivity index (χ3n) is 5.19. The van der Waals surface area contributed by atoms with Gasteiger partial charge in [0.1, 0.15) is 5.75 Å². The highest BCUT2D eigenvalue weighted by Crippen LogP contribution is 2.33. The molecule has 0 bridgehead atoms. The van der Waals surface area contributed by atoms with E-state index in [2.05, 4.69) is 24.5 Å². The van der Waals surface area contributed by atoms with E-state index < -0.39 is 34.1 Å². The maximum Gasteiger partial charge on any atom is 0.534 e. The van der Waals surface area contributed by atoms with E-state index in [1.165, 1.54) is 7.11 Å². The van der Waals surface area contributed by atoms with Crippen LogP contribution in [0.3, 0.4) is 0 Å². The summed E-state index contributed by atoms with van der Waals surface area (Å²) in [5.74, 6) is -0.745. The molecule has 0 saturated heterocycles. The van der Waals surface area contributed by atoms with Crippen LogP contribution in [0.5, 0.6) is 11.6 Å². The van der Waals surface area contributed by atoms with Gasteiger partial charge >= 0.3 is 21.7 Å². The van der Waals surface area contributed by atoms with Crippen LogP contribution in [0.15, 0.2) is 30.7 Å². The molecular formula is C20H19F3N6O6S. The topological polar surface area (TPSA) is 149 Å². The number of carboxylic acid groups (broad SMARTS) is 1. The van der Waals surface area contributed by atoms with Gasteiger partial charge in [0.05, 0.1) is 42.6 Å². The van der Waals surface area contributed by atoms with Crippen molar-refractivity contribution < 1.29 is 40.4 Å². The van der Waals surface area contributed by atoms with Crippen molar-refractivity contribution in [2.75, 3.05) is 19.0 Å². The summed E-state index contributed by atoms with van der Waals surface area (Å²) in [4.78, 5) is 24.4. The Balaban J connectivity index is 1.71. The van der Waals surface area contributed by atoms with Crippen LogP contribution < -0.4 is 14.2 Å². The molecule has 0 radical (unpaired) electrons. The minimum atomic E-state index is -6.07. The van der Waals surface area contributed by atoms with E-state index in [1.807, 2.05) is 6.92 Å². The molecule has 0 spiro atoms. The average molecular weight is 528 g/mol. The smallest absolute Gasteiger partial charge is 0.494 e. The fourth-order valence-corrected chi connectivity index (χ4v) is 3.91. The van der Waals surface area contributed by atoms with E-state index in [-0.39, 0.29) is 30.2 Å². The SMILES string of the molecule is COc1cc(Nc2nc3c(c(OS(=O)(=O)C(F)(F)F)n2)CN(C(=O)O)CC3)ccc1-n1cnc(C)c1. The van der Waals surface area contributed by atoms with Crippen molar-refractivity contribution >= 4 is 27.8 Å². The minimum Gasteiger partial charge on any atom is -0.494 e. The number of alkyl halides is 3. The molecule has 0 aliphatic carbocycles. The molecule has 12 nitrogen and oxygen atoms in total. The third kappa shape index (κ3) is 4.98. The average Bonchev–Trinajstić information content (AvgIpc) is 3.23. The molecule has 0 unspecified atom stereocenters. The number of hydrogen-bond acceptors (Lipinski definition) is 9. The first-order chi connectivity index (χ1) is 16.9. The molecule has 2 aromatic heterocycles. The summed E-state index contributed by atoms with van der Waals surface area (Å²) < 4.78 is 73.7. The van der Waals surface area contributed by atoms with Gasteiger partial charge in [-0.1, -0.05) is 0 Å². The fourth-order valence-electron chi connectivity index (χ4n) is 3.47. The Morgan fingerprint density at radius 3 is 2.61 bits per heavy atom. The molecule has 36 heavy (non-hydrogen) atoms. The number of amides is 1. The molecule has 4 rings (SSSR count). The van der Waals surface area contributed by atoms with Crippen molar-refractivity contribution in [3.63, 3.8) is 0 Å². The number of benzene rings is 1. The zero-order valence-corrected chi connectivity index (χ0v) is 19.6. The van der Waals surface area contributed by atoms with Crippen LogP contribution >= 0.6 is 0 Å². The maximum absolute atomic E-state index is 13.0. The molecule has 3 aromatic rings. The quantitative estimate of drug-likeness (QED) is 0.361. The lowest BCUT2D eigenvalue weighted by atomic mass is 10.1. The number of anilines is 2. The number of methoxy groups -OCH3 is 1. The number of imidazole rings is 1. The largest absolute Gasteiger partial charge is 0.534 e. The van der Waals surface area contributed by atoms with E-state index in [0.717, 1.165) is 10.6 Å². The molecule has 1 aromatic carbocycles. The van der Waals surface area contributed by atoms with Gasteiger partial charge in [0.15, 0.2) is 0 Å². The van der Waals surface area contributed by atoms with Gasteiger partial charge in [-0.2, -0.15) is 26.6 Å². The Hall–Kier alpha value is -4.08. The van der Waals surface area contributed by atoms with Crippen molar-refractivity contribution in [3.8, 4) is 17.3 Å². The van der Waals surface area contributed by atoms with Gasteiger partial charge in [0, 0.05) is 30.9 Å². The number of aryl methyl sites for hydroxylation is 1. The fraction of sp³-hybridized carbons (Fsp3) is 0.300. The molecule has 16 heteroatoms. The van der Waals surface area contributed by atoms with Crippen LogP contribution in [0.4, 0.5) is 29.6 Å². The summed E-state index contributed by atoms with van der Waals surface area (Å²) in [6, 6.07) is 4.89. The molecule has 1 aliphatic heterocycles. The second-order valence-electron chi connectivity index (χ2n) is 7.65. The Labute approximate surface area is 202 Å². The van der Waals surface area contributed by atoms with E-state index >= 15 is 0 Å². The van der Waals surface area contributed by atoms with E-state index in [9.17, 15) is 31.5 Å². The molecular weight excluding hydrogens is 509 g/mol. The lowest BCUT2D eigenvalue weighted by Crippen LogP contribution is -2.36. The van der Waals surface area contributed by atoms with E-state index in [0.29, 0.717) is 17.1 Å². The Bertz CT molecular complexity index is 1430. The second kappa shape index (κ2) is 9.18. The molecule has 0 saturated carbocycles. The predicted molar refractivity (Wildman–Crippen MR) is 118 cm³/mol. The number of hydrogen-bond donors (Lipinski definition) is 2. The van der Waals surface area contributed by atoms with Crippen LogP contribution in [-0.2, 0) is 23.1 Å².